The average molecular weight is 1340 g/mol. The van der Waals surface area contributed by atoms with Crippen molar-refractivity contribution < 1.29 is 4.74 Å². The number of hydrogen-bond donors (Lipinski definition) is 0. The molecule has 0 amide bonds. The summed E-state index contributed by atoms with van der Waals surface area (Å²) >= 11 is 0. The molecule has 0 aliphatic rings. The zero-order valence-corrected chi connectivity index (χ0v) is 58.1. The summed E-state index contributed by atoms with van der Waals surface area (Å²) in [6.07, 6.45) is 0. The Hall–Kier alpha value is -12.8. The second-order valence-corrected chi connectivity index (χ2v) is 33.9. The fourth-order valence-corrected chi connectivity index (χ4v) is 25.6. The minimum atomic E-state index is -2.99. The van der Waals surface area contributed by atoms with Crippen LogP contribution in [0.25, 0.3) is 77.2 Å². The molecule has 18 aromatic rings. The van der Waals surface area contributed by atoms with Crippen molar-refractivity contribution in [2.45, 2.75) is 0 Å². The fraction of sp³-hybridized carbons (Fsp3) is 0. The topological polar surface area (TPSA) is 22.3 Å². The van der Waals surface area contributed by atoms with Gasteiger partial charge in [-0.05, 0) is 173 Å². The van der Waals surface area contributed by atoms with Gasteiger partial charge in [0.1, 0.15) is 11.5 Å². The normalized spacial score (nSPS) is 11.7. The predicted molar refractivity (Wildman–Crippen MR) is 434 cm³/mol. The maximum atomic E-state index is 6.54. The number of rotatable bonds is 17. The van der Waals surface area contributed by atoms with Gasteiger partial charge < -0.3 is 18.8 Å². The molecule has 4 nitrogen and oxygen atoms in total. The van der Waals surface area contributed by atoms with E-state index in [4.69, 9.17) is 4.74 Å². The van der Waals surface area contributed by atoms with Crippen molar-refractivity contribution in [3.8, 4) is 45.1 Å². The molecule has 0 bridgehead atoms. The van der Waals surface area contributed by atoms with Gasteiger partial charge in [0.15, 0.2) is 16.1 Å². The van der Waals surface area contributed by atoms with Crippen LogP contribution in [0.2, 0.25) is 0 Å². The van der Waals surface area contributed by atoms with E-state index in [1.54, 1.807) is 0 Å². The molecule has 0 radical (unpaired) electrons. The summed E-state index contributed by atoms with van der Waals surface area (Å²) in [5, 5.41) is 15.2. The molecule has 0 saturated carbocycles. The number of anilines is 3. The van der Waals surface area contributed by atoms with Gasteiger partial charge in [-0.1, -0.05) is 309 Å². The Morgan fingerprint density at radius 3 is 0.775 bits per heavy atom. The van der Waals surface area contributed by atoms with Crippen molar-refractivity contribution in [2.75, 3.05) is 4.90 Å². The van der Waals surface area contributed by atoms with Crippen LogP contribution in [0, 0.1) is 0 Å². The molecule has 0 unspecified atom stereocenters. The summed E-state index contributed by atoms with van der Waals surface area (Å²) in [6, 6.07) is 155. The van der Waals surface area contributed by atoms with E-state index >= 15 is 0 Å². The standard InChI is InChI=1S/C96H69N3OSi2/c1-10-28-70(29-11-1)72-46-50-75(51-47-72)98-93-62-56-77(66-89(93)91-68-87(60-64-95(91)98)101(81-34-16-4-17-35-81,82-36-18-5-19-37-82)83-38-20-6-21-39-83)97(74-54-58-80(59-55-74)100-79-32-14-3-15-33-79)78-57-63-94-90(67-78)92-69-88(61-65-96(92)99(94)76-52-48-73(49-53-76)71-30-12-2-13-31-71)102(84-40-22-7-23-41-84,85-42-24-8-25-43-85)86-44-26-9-27-45-86/h1-69H. The van der Waals surface area contributed by atoms with Gasteiger partial charge in [0.2, 0.25) is 0 Å². The van der Waals surface area contributed by atoms with Crippen LogP contribution in [0.3, 0.4) is 0 Å². The van der Waals surface area contributed by atoms with Crippen LogP contribution in [0.5, 0.6) is 11.5 Å². The first-order chi connectivity index (χ1) is 50.6. The Kier molecular flexibility index (Phi) is 15.9. The number of fused-ring (bicyclic) bond motifs is 6. The van der Waals surface area contributed by atoms with E-state index in [2.05, 4.69) is 402 Å². The molecule has 2 aromatic heterocycles. The lowest BCUT2D eigenvalue weighted by atomic mass is 10.1. The van der Waals surface area contributed by atoms with Crippen LogP contribution >= 0.6 is 0 Å². The molecule has 0 aliphatic heterocycles. The number of ether oxygens (including phenoxy) is 1. The van der Waals surface area contributed by atoms with E-state index < -0.39 is 16.1 Å². The van der Waals surface area contributed by atoms with E-state index in [0.29, 0.717) is 0 Å². The SMILES string of the molecule is c1ccc(Oc2ccc(N(c3ccc4c(c3)c3cc([Si](c5ccccc5)(c5ccccc5)c5ccccc5)ccc3n4-c3ccc(-c4ccccc4)cc3)c3ccc4c(c3)c3cc([Si](c5ccccc5)(c5ccccc5)c5ccccc5)ccc3n4-c3ccc(-c4ccccc4)cc3)cc2)cc1. The number of aromatic nitrogens is 2. The summed E-state index contributed by atoms with van der Waals surface area (Å²) in [5.74, 6) is 1.54. The zero-order chi connectivity index (χ0) is 67.8. The van der Waals surface area contributed by atoms with Crippen molar-refractivity contribution in [3.05, 3.63) is 419 Å². The highest BCUT2D eigenvalue weighted by Crippen LogP contribution is 2.44. The number of hydrogen-bond acceptors (Lipinski definition) is 2. The highest BCUT2D eigenvalue weighted by atomic mass is 28.3. The van der Waals surface area contributed by atoms with E-state index in [0.717, 1.165) is 72.8 Å². The summed E-state index contributed by atoms with van der Waals surface area (Å²) in [7, 11) is -5.98. The molecule has 0 atom stereocenters. The molecule has 18 rings (SSSR count). The van der Waals surface area contributed by atoms with Gasteiger partial charge in [0.05, 0.1) is 22.1 Å². The van der Waals surface area contributed by atoms with E-state index in [-0.39, 0.29) is 0 Å². The number of benzene rings is 16. The third-order valence-electron chi connectivity index (χ3n) is 20.7. The Labute approximate surface area is 596 Å². The molecular weight excluding hydrogens is 1270 g/mol. The maximum Gasteiger partial charge on any atom is 0.179 e. The van der Waals surface area contributed by atoms with Gasteiger partial charge in [0.25, 0.3) is 0 Å². The van der Waals surface area contributed by atoms with Crippen LogP contribution < -0.4 is 51.1 Å². The maximum absolute atomic E-state index is 6.54. The first-order valence-electron chi connectivity index (χ1n) is 35.0. The van der Waals surface area contributed by atoms with Crippen molar-refractivity contribution in [2.24, 2.45) is 0 Å². The van der Waals surface area contributed by atoms with Crippen LogP contribution in [-0.2, 0) is 0 Å². The largest absolute Gasteiger partial charge is 0.457 e. The Morgan fingerprint density at radius 2 is 0.451 bits per heavy atom. The molecule has 0 spiro atoms. The lowest BCUT2D eigenvalue weighted by Crippen LogP contribution is -2.74. The molecule has 0 aliphatic carbocycles. The summed E-state index contributed by atoms with van der Waals surface area (Å²) < 4.78 is 11.5. The third-order valence-corrected chi connectivity index (χ3v) is 30.2. The monoisotopic (exact) mass is 1340 g/mol. The van der Waals surface area contributed by atoms with Crippen molar-refractivity contribution in [1.29, 1.82) is 0 Å². The van der Waals surface area contributed by atoms with Gasteiger partial charge in [-0.3, -0.25) is 0 Å². The molecular formula is C96H69N3OSi2. The second kappa shape index (κ2) is 26.4. The Bertz CT molecular complexity index is 5440. The molecule has 102 heavy (non-hydrogen) atoms. The second-order valence-electron chi connectivity index (χ2n) is 26.3. The highest BCUT2D eigenvalue weighted by molar-refractivity contribution is 7.20. The summed E-state index contributed by atoms with van der Waals surface area (Å²) in [5.41, 5.74) is 14.4. The highest BCUT2D eigenvalue weighted by Gasteiger charge is 2.43. The van der Waals surface area contributed by atoms with Crippen LogP contribution in [-0.4, -0.2) is 25.3 Å². The average Bonchev–Trinajstić information content (AvgIpc) is 1.34. The van der Waals surface area contributed by atoms with Gasteiger partial charge in [-0.2, -0.15) is 0 Å². The predicted octanol–water partition coefficient (Wildman–Crippen LogP) is 19.2. The first-order valence-corrected chi connectivity index (χ1v) is 39.0. The molecule has 16 aromatic carbocycles. The molecule has 482 valence electrons. The van der Waals surface area contributed by atoms with Gasteiger partial charge in [-0.15, -0.1) is 0 Å². The molecule has 0 saturated heterocycles. The van der Waals surface area contributed by atoms with Crippen molar-refractivity contribution in [3.63, 3.8) is 0 Å². The number of para-hydroxylation sites is 1. The summed E-state index contributed by atoms with van der Waals surface area (Å²) in [4.78, 5) is 2.45. The third kappa shape index (κ3) is 10.8. The van der Waals surface area contributed by atoms with E-state index in [1.807, 2.05) is 30.3 Å². The van der Waals surface area contributed by atoms with Crippen LogP contribution in [0.4, 0.5) is 17.1 Å². The summed E-state index contributed by atoms with van der Waals surface area (Å²) in [6.45, 7) is 0. The van der Waals surface area contributed by atoms with E-state index in [9.17, 15) is 0 Å². The quantitative estimate of drug-likeness (QED) is 0.0670. The van der Waals surface area contributed by atoms with E-state index in [1.165, 1.54) is 74.5 Å². The van der Waals surface area contributed by atoms with Crippen molar-refractivity contribution in [1.82, 2.24) is 9.13 Å². The minimum absolute atomic E-state index is 0.754. The Morgan fingerprint density at radius 1 is 0.196 bits per heavy atom. The van der Waals surface area contributed by atoms with Crippen LogP contribution in [0.1, 0.15) is 0 Å². The number of nitrogens with zero attached hydrogens (tertiary/aromatic N) is 3. The first kappa shape index (κ1) is 61.5. The lowest BCUT2D eigenvalue weighted by molar-refractivity contribution is 0.483. The minimum Gasteiger partial charge on any atom is -0.457 e. The zero-order valence-electron chi connectivity index (χ0n) is 56.1. The Balaban J connectivity index is 0.894. The molecule has 0 fully saturated rings. The molecule has 6 heteroatoms. The van der Waals surface area contributed by atoms with Crippen LogP contribution in [0.15, 0.2) is 419 Å². The smallest absolute Gasteiger partial charge is 0.179 e. The lowest BCUT2D eigenvalue weighted by Gasteiger charge is -2.34. The molecule has 0 N–H and O–H groups in total. The molecule has 2 heterocycles. The van der Waals surface area contributed by atoms with Crippen molar-refractivity contribution >= 4 is 118 Å². The van der Waals surface area contributed by atoms with Gasteiger partial charge >= 0.3 is 0 Å². The fourth-order valence-electron chi connectivity index (χ4n) is 16.1. The van der Waals surface area contributed by atoms with Gasteiger partial charge in [0, 0.05) is 50.0 Å². The van der Waals surface area contributed by atoms with Gasteiger partial charge in [-0.25, -0.2) is 0 Å².